The van der Waals surface area contributed by atoms with Crippen LogP contribution < -0.4 is 10.6 Å². The number of aromatic nitrogens is 3. The van der Waals surface area contributed by atoms with Crippen LogP contribution in [-0.2, 0) is 12.7 Å². The topological polar surface area (TPSA) is 91.1 Å². The number of nitrogens with one attached hydrogen (secondary N) is 1. The second-order valence-corrected chi connectivity index (χ2v) is 9.85. The van der Waals surface area contributed by atoms with Crippen molar-refractivity contribution in [2.75, 3.05) is 31.1 Å². The van der Waals surface area contributed by atoms with Crippen LogP contribution in [0.2, 0.25) is 5.02 Å². The predicted molar refractivity (Wildman–Crippen MR) is 144 cm³/mol. The quantitative estimate of drug-likeness (QED) is 0.326. The number of anilines is 1. The average molecular weight is 555 g/mol. The molecular weight excluding hydrogens is 529 g/mol. The van der Waals surface area contributed by atoms with Crippen LogP contribution in [0.25, 0.3) is 22.5 Å². The second kappa shape index (κ2) is 10.7. The number of alkyl halides is 3. The maximum atomic E-state index is 13.2. The Morgan fingerprint density at radius 2 is 1.74 bits per heavy atom. The number of carbonyl (C=O) groups is 1. The van der Waals surface area contributed by atoms with Gasteiger partial charge in [0, 0.05) is 72.6 Å². The summed E-state index contributed by atoms with van der Waals surface area (Å²) in [7, 11) is 0. The molecule has 1 aliphatic rings. The summed E-state index contributed by atoms with van der Waals surface area (Å²) in [4.78, 5) is 28.5. The van der Waals surface area contributed by atoms with E-state index in [2.05, 4.69) is 19.9 Å². The van der Waals surface area contributed by atoms with Gasteiger partial charge in [-0.3, -0.25) is 14.7 Å². The average Bonchev–Trinajstić information content (AvgIpc) is 3.24. The Kier molecular flexibility index (Phi) is 7.33. The van der Waals surface area contributed by atoms with Crippen LogP contribution in [0.4, 0.5) is 18.9 Å². The van der Waals surface area contributed by atoms with E-state index in [1.165, 1.54) is 24.5 Å². The summed E-state index contributed by atoms with van der Waals surface area (Å²) >= 11 is 6.13. The molecule has 0 atom stereocenters. The Labute approximate surface area is 228 Å². The monoisotopic (exact) mass is 554 g/mol. The highest BCUT2D eigenvalue weighted by atomic mass is 35.5. The summed E-state index contributed by atoms with van der Waals surface area (Å²) < 4.78 is 39.7. The fourth-order valence-electron chi connectivity index (χ4n) is 4.99. The minimum absolute atomic E-state index is 0.0814. The van der Waals surface area contributed by atoms with Crippen molar-refractivity contribution in [2.24, 2.45) is 5.73 Å². The van der Waals surface area contributed by atoms with Crippen LogP contribution in [0, 0.1) is 6.92 Å². The van der Waals surface area contributed by atoms with Gasteiger partial charge in [0.15, 0.2) is 5.69 Å². The van der Waals surface area contributed by atoms with Gasteiger partial charge in [0.25, 0.3) is 5.91 Å². The zero-order valence-corrected chi connectivity index (χ0v) is 21.9. The fraction of sp³-hybridized carbons (Fsp3) is 0.250. The number of nitrogens with two attached hydrogens (primary N) is 1. The van der Waals surface area contributed by atoms with E-state index in [4.69, 9.17) is 17.3 Å². The molecule has 1 fully saturated rings. The third-order valence-corrected chi connectivity index (χ3v) is 7.14. The Hall–Kier alpha value is -3.89. The molecule has 7 nitrogen and oxygen atoms in total. The normalized spacial score (nSPS) is 14.5. The first-order valence-electron chi connectivity index (χ1n) is 12.3. The molecule has 3 N–H and O–H groups in total. The number of carbonyl (C=O) groups excluding carboxylic acids is 1. The molecule has 4 aromatic rings. The van der Waals surface area contributed by atoms with Crippen molar-refractivity contribution in [3.63, 3.8) is 0 Å². The number of hydrogen-bond acceptors (Lipinski definition) is 5. The van der Waals surface area contributed by atoms with Crippen LogP contribution >= 0.6 is 11.6 Å². The van der Waals surface area contributed by atoms with E-state index >= 15 is 0 Å². The van der Waals surface area contributed by atoms with Crippen molar-refractivity contribution >= 4 is 23.2 Å². The third-order valence-electron chi connectivity index (χ3n) is 6.89. The van der Waals surface area contributed by atoms with E-state index < -0.39 is 17.6 Å². The van der Waals surface area contributed by atoms with E-state index in [0.717, 1.165) is 34.1 Å². The first kappa shape index (κ1) is 26.7. The molecule has 1 saturated heterocycles. The van der Waals surface area contributed by atoms with Gasteiger partial charge in [-0.2, -0.15) is 13.2 Å². The number of aromatic amines is 1. The Bertz CT molecular complexity index is 1490. The molecule has 0 radical (unpaired) electrons. The highest BCUT2D eigenvalue weighted by molar-refractivity contribution is 6.30. The first-order chi connectivity index (χ1) is 18.6. The minimum Gasteiger partial charge on any atom is -0.369 e. The SMILES string of the molecule is Cc1[nH]c(-c2ccc(Cl)cc2)c(CN2CCN(c3cccc(C(F)(F)F)c3)CC2)c1-c1nccnc1C(N)=O. The van der Waals surface area contributed by atoms with Gasteiger partial charge >= 0.3 is 6.18 Å². The van der Waals surface area contributed by atoms with E-state index in [9.17, 15) is 18.0 Å². The van der Waals surface area contributed by atoms with Gasteiger partial charge in [0.05, 0.1) is 11.3 Å². The number of rotatable bonds is 6. The van der Waals surface area contributed by atoms with Crippen molar-refractivity contribution in [1.29, 1.82) is 0 Å². The maximum absolute atomic E-state index is 13.2. The molecule has 0 spiro atoms. The van der Waals surface area contributed by atoms with Gasteiger partial charge in [-0.1, -0.05) is 29.8 Å². The van der Waals surface area contributed by atoms with Gasteiger partial charge in [0.2, 0.25) is 0 Å². The molecule has 2 aromatic heterocycles. The summed E-state index contributed by atoms with van der Waals surface area (Å²) in [6, 6.07) is 12.9. The number of piperazine rings is 1. The smallest absolute Gasteiger partial charge is 0.369 e. The molecule has 11 heteroatoms. The molecule has 202 valence electrons. The van der Waals surface area contributed by atoms with Crippen LogP contribution in [0.5, 0.6) is 0 Å². The van der Waals surface area contributed by atoms with Crippen LogP contribution in [0.3, 0.4) is 0 Å². The first-order valence-corrected chi connectivity index (χ1v) is 12.7. The lowest BCUT2D eigenvalue weighted by molar-refractivity contribution is -0.137. The molecule has 0 aliphatic carbocycles. The Morgan fingerprint density at radius 3 is 2.41 bits per heavy atom. The molecule has 1 aliphatic heterocycles. The zero-order valence-electron chi connectivity index (χ0n) is 21.1. The van der Waals surface area contributed by atoms with Crippen molar-refractivity contribution in [2.45, 2.75) is 19.6 Å². The van der Waals surface area contributed by atoms with Gasteiger partial charge in [-0.25, -0.2) is 4.98 Å². The Morgan fingerprint density at radius 1 is 1.05 bits per heavy atom. The van der Waals surface area contributed by atoms with Gasteiger partial charge < -0.3 is 15.6 Å². The number of halogens is 4. The Balaban J connectivity index is 1.46. The molecule has 3 heterocycles. The van der Waals surface area contributed by atoms with Crippen molar-refractivity contribution in [1.82, 2.24) is 19.9 Å². The molecule has 0 bridgehead atoms. The number of amides is 1. The molecule has 0 saturated carbocycles. The molecular formula is C28H26ClF3N6O. The van der Waals surface area contributed by atoms with Gasteiger partial charge in [-0.05, 0) is 42.8 Å². The predicted octanol–water partition coefficient (Wildman–Crippen LogP) is 5.54. The van der Waals surface area contributed by atoms with Crippen LogP contribution in [0.15, 0.2) is 60.9 Å². The van der Waals surface area contributed by atoms with Crippen molar-refractivity contribution in [3.8, 4) is 22.5 Å². The zero-order chi connectivity index (χ0) is 27.7. The second-order valence-electron chi connectivity index (χ2n) is 9.41. The molecule has 5 rings (SSSR count). The van der Waals surface area contributed by atoms with E-state index in [1.807, 2.05) is 36.1 Å². The largest absolute Gasteiger partial charge is 0.416 e. The molecule has 1 amide bonds. The number of H-pyrrole nitrogens is 1. The molecule has 0 unspecified atom stereocenters. The van der Waals surface area contributed by atoms with Crippen LogP contribution in [0.1, 0.15) is 27.3 Å². The van der Waals surface area contributed by atoms with E-state index in [1.54, 1.807) is 6.07 Å². The number of aryl methyl sites for hydroxylation is 1. The number of nitrogens with zero attached hydrogens (tertiary/aromatic N) is 4. The number of primary amides is 1. The van der Waals surface area contributed by atoms with Crippen molar-refractivity contribution in [3.05, 3.63) is 88.5 Å². The van der Waals surface area contributed by atoms with Gasteiger partial charge in [0.1, 0.15) is 5.69 Å². The van der Waals surface area contributed by atoms with Crippen LogP contribution in [-0.4, -0.2) is 51.9 Å². The minimum atomic E-state index is -4.39. The number of hydrogen-bond donors (Lipinski definition) is 2. The summed E-state index contributed by atoms with van der Waals surface area (Å²) in [5.41, 5.74) is 10.3. The lowest BCUT2D eigenvalue weighted by Gasteiger charge is -2.36. The summed E-state index contributed by atoms with van der Waals surface area (Å²) in [5, 5.41) is 0.611. The maximum Gasteiger partial charge on any atom is 0.416 e. The summed E-state index contributed by atoms with van der Waals surface area (Å²) in [6.45, 7) is 4.81. The number of benzene rings is 2. The van der Waals surface area contributed by atoms with E-state index in [-0.39, 0.29) is 5.69 Å². The third kappa shape index (κ3) is 5.62. The van der Waals surface area contributed by atoms with Gasteiger partial charge in [-0.15, -0.1) is 0 Å². The lowest BCUT2D eigenvalue weighted by atomic mass is 9.99. The van der Waals surface area contributed by atoms with E-state index in [0.29, 0.717) is 49.1 Å². The molecule has 39 heavy (non-hydrogen) atoms. The standard InChI is InChI=1S/C28H26ClF3N6O/c1-17-23(25-26(27(33)39)35-10-9-34-25)22(24(36-17)18-5-7-20(29)8-6-18)16-37-11-13-38(14-12-37)21-4-2-3-19(15-21)28(30,31)32/h2-10,15,36H,11-14,16H2,1H3,(H2,33,39). The summed E-state index contributed by atoms with van der Waals surface area (Å²) in [5.74, 6) is -0.674. The summed E-state index contributed by atoms with van der Waals surface area (Å²) in [6.07, 6.45) is -1.44. The lowest BCUT2D eigenvalue weighted by Crippen LogP contribution is -2.46. The molecule has 2 aromatic carbocycles. The highest BCUT2D eigenvalue weighted by Gasteiger charge is 2.31. The highest BCUT2D eigenvalue weighted by Crippen LogP contribution is 2.37. The fourth-order valence-corrected chi connectivity index (χ4v) is 5.11. The van der Waals surface area contributed by atoms with Crippen molar-refractivity contribution < 1.29 is 18.0 Å².